The number of hydrogen-bond donors (Lipinski definition) is 1. The van der Waals surface area contributed by atoms with E-state index in [0.717, 1.165) is 32.8 Å². The van der Waals surface area contributed by atoms with Crippen LogP contribution in [0.2, 0.25) is 0 Å². The summed E-state index contributed by atoms with van der Waals surface area (Å²) >= 11 is 3.27. The second-order valence-electron chi connectivity index (χ2n) is 5.55. The van der Waals surface area contributed by atoms with Crippen molar-refractivity contribution in [1.82, 2.24) is 4.98 Å². The Bertz CT molecular complexity index is 876. The Kier molecular flexibility index (Phi) is 6.30. The zero-order valence-electron chi connectivity index (χ0n) is 14.7. The first-order valence-electron chi connectivity index (χ1n) is 8.32. The standard InChI is InChI=1S/C20H20N2O2S2/c1-3-24-17-10-8-15(9-11-17)22-20(23)18-6-4-5-7-19(18)26-13-16-12-25-14(2)21-16/h4-12H,3,13H2,1-2H3,(H,22,23). The Balaban J connectivity index is 1.68. The summed E-state index contributed by atoms with van der Waals surface area (Å²) in [7, 11) is 0. The molecule has 0 atom stereocenters. The molecular formula is C20H20N2O2S2. The van der Waals surface area contributed by atoms with Crippen LogP contribution in [0.4, 0.5) is 5.69 Å². The Labute approximate surface area is 161 Å². The van der Waals surface area contributed by atoms with Gasteiger partial charge in [-0.2, -0.15) is 0 Å². The molecule has 0 saturated carbocycles. The summed E-state index contributed by atoms with van der Waals surface area (Å²) in [5.74, 6) is 1.42. The van der Waals surface area contributed by atoms with Crippen molar-refractivity contribution in [2.75, 3.05) is 11.9 Å². The van der Waals surface area contributed by atoms with Crippen molar-refractivity contribution in [3.8, 4) is 5.75 Å². The lowest BCUT2D eigenvalue weighted by Crippen LogP contribution is -2.13. The Morgan fingerprint density at radius 1 is 1.19 bits per heavy atom. The van der Waals surface area contributed by atoms with E-state index in [1.807, 2.05) is 62.4 Å². The highest BCUT2D eigenvalue weighted by Crippen LogP contribution is 2.27. The lowest BCUT2D eigenvalue weighted by Gasteiger charge is -2.10. The molecular weight excluding hydrogens is 364 g/mol. The summed E-state index contributed by atoms with van der Waals surface area (Å²) in [5, 5.41) is 6.07. The van der Waals surface area contributed by atoms with Crippen molar-refractivity contribution in [1.29, 1.82) is 0 Å². The van der Waals surface area contributed by atoms with Crippen LogP contribution in [0.15, 0.2) is 58.8 Å². The normalized spacial score (nSPS) is 10.5. The number of nitrogens with one attached hydrogen (secondary N) is 1. The van der Waals surface area contributed by atoms with Gasteiger partial charge < -0.3 is 10.1 Å². The lowest BCUT2D eigenvalue weighted by atomic mass is 10.2. The average molecular weight is 385 g/mol. The van der Waals surface area contributed by atoms with Crippen LogP contribution in [-0.2, 0) is 5.75 Å². The minimum Gasteiger partial charge on any atom is -0.494 e. The smallest absolute Gasteiger partial charge is 0.256 e. The van der Waals surface area contributed by atoms with Gasteiger partial charge in [-0.3, -0.25) is 4.79 Å². The number of benzene rings is 2. The number of ether oxygens (including phenoxy) is 1. The summed E-state index contributed by atoms with van der Waals surface area (Å²) in [6, 6.07) is 15.0. The highest BCUT2D eigenvalue weighted by atomic mass is 32.2. The maximum Gasteiger partial charge on any atom is 0.256 e. The SMILES string of the molecule is CCOc1ccc(NC(=O)c2ccccc2SCc2csc(C)n2)cc1. The monoisotopic (exact) mass is 384 g/mol. The molecule has 1 heterocycles. The van der Waals surface area contributed by atoms with Crippen LogP contribution in [0.5, 0.6) is 5.75 Å². The van der Waals surface area contributed by atoms with E-state index in [1.54, 1.807) is 23.1 Å². The molecule has 0 saturated heterocycles. The second-order valence-corrected chi connectivity index (χ2v) is 7.63. The largest absolute Gasteiger partial charge is 0.494 e. The van der Waals surface area contributed by atoms with Crippen LogP contribution in [0.3, 0.4) is 0 Å². The highest BCUT2D eigenvalue weighted by molar-refractivity contribution is 7.98. The number of carbonyl (C=O) groups is 1. The van der Waals surface area contributed by atoms with Crippen LogP contribution < -0.4 is 10.1 Å². The molecule has 1 amide bonds. The summed E-state index contributed by atoms with van der Waals surface area (Å²) in [6.07, 6.45) is 0. The van der Waals surface area contributed by atoms with Crippen LogP contribution >= 0.6 is 23.1 Å². The van der Waals surface area contributed by atoms with E-state index in [-0.39, 0.29) is 5.91 Å². The van der Waals surface area contributed by atoms with Gasteiger partial charge in [0, 0.05) is 21.7 Å². The van der Waals surface area contributed by atoms with Crippen molar-refractivity contribution in [2.24, 2.45) is 0 Å². The molecule has 3 aromatic rings. The van der Waals surface area contributed by atoms with Crippen LogP contribution in [0.1, 0.15) is 28.0 Å². The highest BCUT2D eigenvalue weighted by Gasteiger charge is 2.12. The maximum atomic E-state index is 12.7. The molecule has 0 unspecified atom stereocenters. The fraction of sp³-hybridized carbons (Fsp3) is 0.200. The molecule has 2 aromatic carbocycles. The number of aromatic nitrogens is 1. The molecule has 4 nitrogen and oxygen atoms in total. The number of anilines is 1. The van der Waals surface area contributed by atoms with E-state index in [9.17, 15) is 4.79 Å². The van der Waals surface area contributed by atoms with Gasteiger partial charge in [-0.05, 0) is 50.2 Å². The Morgan fingerprint density at radius 3 is 2.65 bits per heavy atom. The van der Waals surface area contributed by atoms with E-state index in [4.69, 9.17) is 4.74 Å². The van der Waals surface area contributed by atoms with Crippen molar-refractivity contribution in [2.45, 2.75) is 24.5 Å². The Morgan fingerprint density at radius 2 is 1.96 bits per heavy atom. The van der Waals surface area contributed by atoms with Crippen LogP contribution in [0, 0.1) is 6.92 Å². The number of hydrogen-bond acceptors (Lipinski definition) is 5. The topological polar surface area (TPSA) is 51.2 Å². The van der Waals surface area contributed by atoms with Crippen molar-refractivity contribution in [3.05, 3.63) is 70.2 Å². The first-order valence-corrected chi connectivity index (χ1v) is 10.2. The Hall–Kier alpha value is -2.31. The molecule has 0 aliphatic heterocycles. The molecule has 0 radical (unpaired) electrons. The van der Waals surface area contributed by atoms with Gasteiger partial charge in [-0.15, -0.1) is 23.1 Å². The van der Waals surface area contributed by atoms with E-state index in [1.165, 1.54) is 0 Å². The molecule has 134 valence electrons. The quantitative estimate of drug-likeness (QED) is 0.555. The average Bonchev–Trinajstić information content (AvgIpc) is 3.07. The second kappa shape index (κ2) is 8.87. The summed E-state index contributed by atoms with van der Waals surface area (Å²) < 4.78 is 5.42. The number of carbonyl (C=O) groups excluding carboxylic acids is 1. The van der Waals surface area contributed by atoms with E-state index < -0.39 is 0 Å². The third kappa shape index (κ3) is 4.86. The molecule has 0 spiro atoms. The molecule has 3 rings (SSSR count). The number of thiazole rings is 1. The van der Waals surface area contributed by atoms with Gasteiger partial charge in [0.1, 0.15) is 5.75 Å². The van der Waals surface area contributed by atoms with Crippen LogP contribution in [0.25, 0.3) is 0 Å². The molecule has 1 N–H and O–H groups in total. The number of thioether (sulfide) groups is 1. The number of aryl methyl sites for hydroxylation is 1. The van der Waals surface area contributed by atoms with Gasteiger partial charge in [-0.1, -0.05) is 12.1 Å². The lowest BCUT2D eigenvalue weighted by molar-refractivity contribution is 0.102. The van der Waals surface area contributed by atoms with Gasteiger partial charge >= 0.3 is 0 Å². The molecule has 1 aromatic heterocycles. The minimum atomic E-state index is -0.119. The minimum absolute atomic E-state index is 0.119. The van der Waals surface area contributed by atoms with Crippen molar-refractivity contribution >= 4 is 34.7 Å². The molecule has 6 heteroatoms. The van der Waals surface area contributed by atoms with Gasteiger partial charge in [0.15, 0.2) is 0 Å². The number of nitrogens with zero attached hydrogens (tertiary/aromatic N) is 1. The van der Waals surface area contributed by atoms with Crippen LogP contribution in [-0.4, -0.2) is 17.5 Å². The van der Waals surface area contributed by atoms with Gasteiger partial charge in [-0.25, -0.2) is 4.98 Å². The van der Waals surface area contributed by atoms with Gasteiger partial charge in [0.25, 0.3) is 5.91 Å². The third-order valence-electron chi connectivity index (χ3n) is 3.60. The zero-order chi connectivity index (χ0) is 18.4. The van der Waals surface area contributed by atoms with Gasteiger partial charge in [0.05, 0.1) is 22.9 Å². The zero-order valence-corrected chi connectivity index (χ0v) is 16.3. The summed E-state index contributed by atoms with van der Waals surface area (Å²) in [6.45, 7) is 4.56. The first kappa shape index (κ1) is 18.5. The number of amides is 1. The van der Waals surface area contributed by atoms with Crippen molar-refractivity contribution in [3.63, 3.8) is 0 Å². The molecule has 0 aliphatic carbocycles. The first-order chi connectivity index (χ1) is 12.7. The molecule has 0 fully saturated rings. The predicted octanol–water partition coefficient (Wildman–Crippen LogP) is 5.39. The molecule has 0 aliphatic rings. The van der Waals surface area contributed by atoms with Crippen molar-refractivity contribution < 1.29 is 9.53 Å². The van der Waals surface area contributed by atoms with E-state index in [0.29, 0.717) is 12.2 Å². The summed E-state index contributed by atoms with van der Waals surface area (Å²) in [4.78, 5) is 18.1. The molecule has 26 heavy (non-hydrogen) atoms. The fourth-order valence-corrected chi connectivity index (χ4v) is 4.07. The van der Waals surface area contributed by atoms with E-state index in [2.05, 4.69) is 15.7 Å². The molecule has 0 bridgehead atoms. The predicted molar refractivity (Wildman–Crippen MR) is 108 cm³/mol. The fourth-order valence-electron chi connectivity index (χ4n) is 2.41. The summed E-state index contributed by atoms with van der Waals surface area (Å²) in [5.41, 5.74) is 2.45. The van der Waals surface area contributed by atoms with Gasteiger partial charge in [0.2, 0.25) is 0 Å². The number of rotatable bonds is 7. The maximum absolute atomic E-state index is 12.7. The third-order valence-corrected chi connectivity index (χ3v) is 5.53. The van der Waals surface area contributed by atoms with E-state index >= 15 is 0 Å².